The van der Waals surface area contributed by atoms with Gasteiger partial charge in [-0.05, 0) is 30.9 Å². The predicted molar refractivity (Wildman–Crippen MR) is 79.1 cm³/mol. The van der Waals surface area contributed by atoms with Crippen molar-refractivity contribution in [2.45, 2.75) is 24.3 Å². The van der Waals surface area contributed by atoms with Gasteiger partial charge in [-0.1, -0.05) is 11.8 Å². The first kappa shape index (κ1) is 14.4. The first-order chi connectivity index (χ1) is 10.3. The van der Waals surface area contributed by atoms with Crippen LogP contribution in [0.15, 0.2) is 11.1 Å². The van der Waals surface area contributed by atoms with Crippen molar-refractivity contribution in [3.63, 3.8) is 0 Å². The van der Waals surface area contributed by atoms with E-state index in [1.54, 1.807) is 0 Å². The van der Waals surface area contributed by atoms with Crippen LogP contribution < -0.4 is 0 Å². The number of amides is 1. The third-order valence-corrected chi connectivity index (χ3v) is 4.81. The van der Waals surface area contributed by atoms with E-state index in [2.05, 4.69) is 11.1 Å². The van der Waals surface area contributed by atoms with Gasteiger partial charge in [0.1, 0.15) is 11.1 Å². The lowest BCUT2D eigenvalue weighted by atomic mass is 10.2. The van der Waals surface area contributed by atoms with Crippen molar-refractivity contribution in [2.75, 3.05) is 32.1 Å². The second-order valence-electron chi connectivity index (χ2n) is 5.19. The van der Waals surface area contributed by atoms with Crippen molar-refractivity contribution in [3.05, 3.63) is 22.9 Å². The number of thioether (sulfide) groups is 1. The Kier molecular flexibility index (Phi) is 4.42. The Bertz CT molecular complexity index is 591. The van der Waals surface area contributed by atoms with Crippen LogP contribution in [0, 0.1) is 11.3 Å². The van der Waals surface area contributed by atoms with E-state index in [-0.39, 0.29) is 5.91 Å². The summed E-state index contributed by atoms with van der Waals surface area (Å²) in [6.07, 6.45) is 3.09. The number of ether oxygens (including phenoxy) is 1. The van der Waals surface area contributed by atoms with Crippen LogP contribution in [0.4, 0.5) is 0 Å². The average molecular weight is 303 g/mol. The molecule has 1 aliphatic carbocycles. The lowest BCUT2D eigenvalue weighted by Crippen LogP contribution is -2.41. The van der Waals surface area contributed by atoms with E-state index < -0.39 is 0 Å². The van der Waals surface area contributed by atoms with Gasteiger partial charge >= 0.3 is 0 Å². The van der Waals surface area contributed by atoms with Gasteiger partial charge in [0.2, 0.25) is 5.91 Å². The zero-order chi connectivity index (χ0) is 14.7. The number of nitrogens with zero attached hydrogens (tertiary/aromatic N) is 3. The van der Waals surface area contributed by atoms with Crippen LogP contribution in [0.3, 0.4) is 0 Å². The molecule has 2 aliphatic rings. The second kappa shape index (κ2) is 6.46. The molecule has 0 bridgehead atoms. The first-order valence-electron chi connectivity index (χ1n) is 7.19. The molecule has 1 aromatic heterocycles. The standard InChI is InChI=1S/C15H17N3O2S/c16-9-12-8-11-2-1-3-13(11)17-15(12)21-10-14(19)18-4-6-20-7-5-18/h8H,1-7,10H2. The highest BCUT2D eigenvalue weighted by Crippen LogP contribution is 2.27. The van der Waals surface area contributed by atoms with Crippen LogP contribution in [-0.2, 0) is 22.4 Å². The molecule has 6 heteroatoms. The summed E-state index contributed by atoms with van der Waals surface area (Å²) < 4.78 is 5.24. The Hall–Kier alpha value is -1.58. The van der Waals surface area contributed by atoms with E-state index >= 15 is 0 Å². The number of rotatable bonds is 3. The highest BCUT2D eigenvalue weighted by atomic mass is 32.2. The molecule has 21 heavy (non-hydrogen) atoms. The van der Waals surface area contributed by atoms with Crippen LogP contribution in [-0.4, -0.2) is 47.8 Å². The third kappa shape index (κ3) is 3.20. The average Bonchev–Trinajstić information content (AvgIpc) is 2.99. The number of aryl methyl sites for hydroxylation is 2. The van der Waals surface area contributed by atoms with E-state index in [9.17, 15) is 10.1 Å². The maximum absolute atomic E-state index is 12.1. The number of fused-ring (bicyclic) bond motifs is 1. The van der Waals surface area contributed by atoms with E-state index in [0.29, 0.717) is 42.6 Å². The SMILES string of the molecule is N#Cc1cc2c(nc1SCC(=O)N1CCOCC1)CCC2. The molecule has 3 rings (SSSR count). The van der Waals surface area contributed by atoms with Crippen LogP contribution in [0.1, 0.15) is 23.2 Å². The number of morpholine rings is 1. The van der Waals surface area contributed by atoms with Gasteiger partial charge in [-0.2, -0.15) is 5.26 Å². The summed E-state index contributed by atoms with van der Waals surface area (Å²) >= 11 is 1.37. The number of carbonyl (C=O) groups excluding carboxylic acids is 1. The molecular weight excluding hydrogens is 286 g/mol. The number of hydrogen-bond acceptors (Lipinski definition) is 5. The van der Waals surface area contributed by atoms with Gasteiger partial charge in [0, 0.05) is 18.8 Å². The summed E-state index contributed by atoms with van der Waals surface area (Å²) in [6.45, 7) is 2.53. The normalized spacial score (nSPS) is 17.4. The molecule has 1 aliphatic heterocycles. The maximum atomic E-state index is 12.1. The molecule has 0 radical (unpaired) electrons. The van der Waals surface area contributed by atoms with Gasteiger partial charge in [-0.15, -0.1) is 0 Å². The molecule has 0 unspecified atom stereocenters. The van der Waals surface area contributed by atoms with Gasteiger partial charge < -0.3 is 9.64 Å². The van der Waals surface area contributed by atoms with E-state index in [1.165, 1.54) is 17.3 Å². The number of hydrogen-bond donors (Lipinski definition) is 0. The quantitative estimate of drug-likeness (QED) is 0.790. The summed E-state index contributed by atoms with van der Waals surface area (Å²) in [5.41, 5.74) is 2.88. The van der Waals surface area contributed by atoms with Crippen molar-refractivity contribution in [1.82, 2.24) is 9.88 Å². The van der Waals surface area contributed by atoms with Gasteiger partial charge in [-0.25, -0.2) is 4.98 Å². The van der Waals surface area contributed by atoms with Crippen molar-refractivity contribution in [2.24, 2.45) is 0 Å². The molecule has 0 saturated carbocycles. The van der Waals surface area contributed by atoms with Crippen molar-refractivity contribution in [3.8, 4) is 6.07 Å². The second-order valence-corrected chi connectivity index (χ2v) is 6.16. The fourth-order valence-electron chi connectivity index (χ4n) is 2.68. The monoisotopic (exact) mass is 303 g/mol. The smallest absolute Gasteiger partial charge is 0.233 e. The van der Waals surface area contributed by atoms with Crippen molar-refractivity contribution < 1.29 is 9.53 Å². The lowest BCUT2D eigenvalue weighted by Gasteiger charge is -2.26. The van der Waals surface area contributed by atoms with E-state index in [0.717, 1.165) is 25.0 Å². The summed E-state index contributed by atoms with van der Waals surface area (Å²) in [4.78, 5) is 18.5. The Morgan fingerprint density at radius 1 is 1.43 bits per heavy atom. The number of aromatic nitrogens is 1. The molecular formula is C15H17N3O2S. The minimum atomic E-state index is 0.0921. The molecule has 5 nitrogen and oxygen atoms in total. The zero-order valence-corrected chi connectivity index (χ0v) is 12.6. The van der Waals surface area contributed by atoms with E-state index in [1.807, 2.05) is 11.0 Å². The van der Waals surface area contributed by atoms with Crippen LogP contribution in [0.25, 0.3) is 0 Å². The van der Waals surface area contributed by atoms with Gasteiger partial charge in [0.15, 0.2) is 0 Å². The molecule has 1 aromatic rings. The highest BCUT2D eigenvalue weighted by Gasteiger charge is 2.20. The molecule has 0 aromatic carbocycles. The van der Waals surface area contributed by atoms with Gasteiger partial charge in [0.05, 0.1) is 24.5 Å². The predicted octanol–water partition coefficient (Wildman–Crippen LogP) is 1.39. The molecule has 1 saturated heterocycles. The third-order valence-electron chi connectivity index (χ3n) is 3.83. The largest absolute Gasteiger partial charge is 0.378 e. The molecule has 1 amide bonds. The fraction of sp³-hybridized carbons (Fsp3) is 0.533. The molecule has 0 atom stereocenters. The van der Waals surface area contributed by atoms with Crippen molar-refractivity contribution in [1.29, 1.82) is 5.26 Å². The number of carbonyl (C=O) groups is 1. The van der Waals surface area contributed by atoms with Crippen LogP contribution in [0.5, 0.6) is 0 Å². The molecule has 110 valence electrons. The summed E-state index contributed by atoms with van der Waals surface area (Å²) in [5.74, 6) is 0.426. The number of pyridine rings is 1. The van der Waals surface area contributed by atoms with E-state index in [4.69, 9.17) is 4.74 Å². The van der Waals surface area contributed by atoms with Crippen LogP contribution in [0.2, 0.25) is 0 Å². The van der Waals surface area contributed by atoms with Gasteiger partial charge in [-0.3, -0.25) is 4.79 Å². The molecule has 2 heterocycles. The Morgan fingerprint density at radius 2 is 2.24 bits per heavy atom. The Balaban J connectivity index is 1.67. The minimum Gasteiger partial charge on any atom is -0.378 e. The maximum Gasteiger partial charge on any atom is 0.233 e. The highest BCUT2D eigenvalue weighted by molar-refractivity contribution is 7.99. The summed E-state index contributed by atoms with van der Waals surface area (Å²) in [7, 11) is 0. The van der Waals surface area contributed by atoms with Gasteiger partial charge in [0.25, 0.3) is 0 Å². The molecule has 0 N–H and O–H groups in total. The zero-order valence-electron chi connectivity index (χ0n) is 11.8. The lowest BCUT2D eigenvalue weighted by molar-refractivity contribution is -0.132. The first-order valence-corrected chi connectivity index (χ1v) is 8.17. The topological polar surface area (TPSA) is 66.2 Å². The Labute approximate surface area is 128 Å². The summed E-state index contributed by atoms with van der Waals surface area (Å²) in [5, 5.41) is 9.94. The summed E-state index contributed by atoms with van der Waals surface area (Å²) in [6, 6.07) is 4.14. The minimum absolute atomic E-state index is 0.0921. The van der Waals surface area contributed by atoms with Crippen molar-refractivity contribution >= 4 is 17.7 Å². The van der Waals surface area contributed by atoms with Crippen LogP contribution >= 0.6 is 11.8 Å². The molecule has 0 spiro atoms. The molecule has 1 fully saturated rings. The fourth-order valence-corrected chi connectivity index (χ4v) is 3.55. The Morgan fingerprint density at radius 3 is 3.00 bits per heavy atom. The number of nitriles is 1.